The van der Waals surface area contributed by atoms with Gasteiger partial charge in [-0.25, -0.2) is 4.79 Å². The Kier molecular flexibility index (Phi) is 5.72. The first-order chi connectivity index (χ1) is 9.58. The molecule has 2 aliphatic rings. The lowest BCUT2D eigenvalue weighted by Crippen LogP contribution is -2.44. The highest BCUT2D eigenvalue weighted by Crippen LogP contribution is 2.32. The second kappa shape index (κ2) is 7.31. The van der Waals surface area contributed by atoms with Crippen molar-refractivity contribution in [2.45, 2.75) is 56.7 Å². The number of amides is 1. The summed E-state index contributed by atoms with van der Waals surface area (Å²) in [6.45, 7) is 0. The third kappa shape index (κ3) is 4.38. The summed E-state index contributed by atoms with van der Waals surface area (Å²) in [4.78, 5) is 23.1. The van der Waals surface area contributed by atoms with Gasteiger partial charge >= 0.3 is 5.97 Å². The highest BCUT2D eigenvalue weighted by atomic mass is 32.2. The molecule has 3 unspecified atom stereocenters. The van der Waals surface area contributed by atoms with Crippen molar-refractivity contribution < 1.29 is 14.7 Å². The van der Waals surface area contributed by atoms with Crippen LogP contribution in [0.15, 0.2) is 0 Å². The SMILES string of the molecule is CSCCC(NC(=O)CC1CC2CCC(C1)N2)C(=O)O. The van der Waals surface area contributed by atoms with Crippen molar-refractivity contribution in [3.05, 3.63) is 0 Å². The van der Waals surface area contributed by atoms with Crippen LogP contribution in [0.25, 0.3) is 0 Å². The molecule has 0 aliphatic carbocycles. The highest BCUT2D eigenvalue weighted by Gasteiger charge is 2.34. The normalized spacial score (nSPS) is 29.9. The lowest BCUT2D eigenvalue weighted by Gasteiger charge is -2.29. The molecule has 3 atom stereocenters. The minimum atomic E-state index is -0.933. The van der Waals surface area contributed by atoms with Gasteiger partial charge in [0.15, 0.2) is 0 Å². The maximum atomic E-state index is 12.0. The van der Waals surface area contributed by atoms with Crippen molar-refractivity contribution in [2.75, 3.05) is 12.0 Å². The fourth-order valence-corrected chi connectivity index (χ4v) is 3.82. The minimum Gasteiger partial charge on any atom is -0.480 e. The Balaban J connectivity index is 1.77. The zero-order valence-electron chi connectivity index (χ0n) is 11.9. The topological polar surface area (TPSA) is 78.4 Å². The van der Waals surface area contributed by atoms with Gasteiger partial charge in [-0.2, -0.15) is 11.8 Å². The molecular formula is C14H24N2O3S. The lowest BCUT2D eigenvalue weighted by atomic mass is 9.89. The van der Waals surface area contributed by atoms with Crippen molar-refractivity contribution in [1.82, 2.24) is 10.6 Å². The molecule has 2 aliphatic heterocycles. The van der Waals surface area contributed by atoms with Crippen LogP contribution in [0.2, 0.25) is 0 Å². The molecule has 2 saturated heterocycles. The number of hydrogen-bond donors (Lipinski definition) is 3. The van der Waals surface area contributed by atoms with Crippen LogP contribution in [0, 0.1) is 5.92 Å². The van der Waals surface area contributed by atoms with E-state index in [1.807, 2.05) is 6.26 Å². The second-order valence-corrected chi connectivity index (χ2v) is 6.90. The molecule has 2 fully saturated rings. The van der Waals surface area contributed by atoms with Gasteiger partial charge in [0.1, 0.15) is 6.04 Å². The van der Waals surface area contributed by atoms with Gasteiger partial charge in [-0.3, -0.25) is 4.79 Å². The van der Waals surface area contributed by atoms with Crippen LogP contribution in [0.4, 0.5) is 0 Å². The molecule has 0 aromatic heterocycles. The predicted molar refractivity (Wildman–Crippen MR) is 79.9 cm³/mol. The summed E-state index contributed by atoms with van der Waals surface area (Å²) in [5, 5.41) is 15.3. The first-order valence-corrected chi connectivity index (χ1v) is 8.75. The molecule has 6 heteroatoms. The highest BCUT2D eigenvalue weighted by molar-refractivity contribution is 7.98. The van der Waals surface area contributed by atoms with Crippen LogP contribution in [-0.2, 0) is 9.59 Å². The number of carboxylic acid groups (broad SMARTS) is 1. The molecule has 2 bridgehead atoms. The van der Waals surface area contributed by atoms with E-state index >= 15 is 0 Å². The van der Waals surface area contributed by atoms with E-state index in [0.29, 0.717) is 30.8 Å². The van der Waals surface area contributed by atoms with E-state index in [1.54, 1.807) is 11.8 Å². The van der Waals surface area contributed by atoms with Crippen LogP contribution in [0.3, 0.4) is 0 Å². The predicted octanol–water partition coefficient (Wildman–Crippen LogP) is 1.23. The number of carbonyl (C=O) groups excluding carboxylic acids is 1. The molecule has 0 spiro atoms. The summed E-state index contributed by atoms with van der Waals surface area (Å²) < 4.78 is 0. The largest absolute Gasteiger partial charge is 0.480 e. The number of piperidine rings is 1. The van der Waals surface area contributed by atoms with Gasteiger partial charge in [-0.05, 0) is 50.0 Å². The molecule has 20 heavy (non-hydrogen) atoms. The minimum absolute atomic E-state index is 0.107. The Morgan fingerprint density at radius 2 is 2.00 bits per heavy atom. The van der Waals surface area contributed by atoms with Crippen molar-refractivity contribution in [3.8, 4) is 0 Å². The zero-order valence-corrected chi connectivity index (χ0v) is 12.7. The molecular weight excluding hydrogens is 276 g/mol. The Bertz CT molecular complexity index is 352. The van der Waals surface area contributed by atoms with E-state index < -0.39 is 12.0 Å². The molecule has 5 nitrogen and oxygen atoms in total. The fraction of sp³-hybridized carbons (Fsp3) is 0.857. The van der Waals surface area contributed by atoms with E-state index in [0.717, 1.165) is 18.6 Å². The van der Waals surface area contributed by atoms with Gasteiger partial charge in [0.2, 0.25) is 5.91 Å². The zero-order chi connectivity index (χ0) is 14.5. The van der Waals surface area contributed by atoms with Crippen molar-refractivity contribution >= 4 is 23.6 Å². The molecule has 1 amide bonds. The average Bonchev–Trinajstić information content (AvgIpc) is 2.73. The quantitative estimate of drug-likeness (QED) is 0.659. The van der Waals surface area contributed by atoms with Gasteiger partial charge in [0.05, 0.1) is 0 Å². The average molecular weight is 300 g/mol. The maximum Gasteiger partial charge on any atom is 0.326 e. The first kappa shape index (κ1) is 15.6. The molecule has 2 rings (SSSR count). The standard InChI is InChI=1S/C14H24N2O3S/c1-20-5-4-12(14(18)19)16-13(17)8-9-6-10-2-3-11(7-9)15-10/h9-12,15H,2-8H2,1H3,(H,16,17)(H,18,19). The van der Waals surface area contributed by atoms with Gasteiger partial charge in [0.25, 0.3) is 0 Å². The van der Waals surface area contributed by atoms with Crippen LogP contribution in [0.1, 0.15) is 38.5 Å². The maximum absolute atomic E-state index is 12.0. The number of rotatable bonds is 7. The van der Waals surface area contributed by atoms with E-state index in [1.165, 1.54) is 12.8 Å². The van der Waals surface area contributed by atoms with Crippen molar-refractivity contribution in [2.24, 2.45) is 5.92 Å². The van der Waals surface area contributed by atoms with Gasteiger partial charge in [-0.15, -0.1) is 0 Å². The molecule has 0 aromatic carbocycles. The van der Waals surface area contributed by atoms with Gasteiger partial charge in [0, 0.05) is 18.5 Å². The molecule has 0 saturated carbocycles. The monoisotopic (exact) mass is 300 g/mol. The number of carboxylic acids is 1. The number of hydrogen-bond acceptors (Lipinski definition) is 4. The van der Waals surface area contributed by atoms with Crippen LogP contribution >= 0.6 is 11.8 Å². The molecule has 2 heterocycles. The first-order valence-electron chi connectivity index (χ1n) is 7.35. The number of thioether (sulfide) groups is 1. The smallest absolute Gasteiger partial charge is 0.326 e. The summed E-state index contributed by atoms with van der Waals surface area (Å²) in [6.07, 6.45) is 7.42. The number of aliphatic carboxylic acids is 1. The summed E-state index contributed by atoms with van der Waals surface area (Å²) in [7, 11) is 0. The van der Waals surface area contributed by atoms with E-state index in [4.69, 9.17) is 5.11 Å². The fourth-order valence-electron chi connectivity index (χ4n) is 3.35. The van der Waals surface area contributed by atoms with Crippen molar-refractivity contribution in [1.29, 1.82) is 0 Å². The molecule has 114 valence electrons. The molecule has 0 aromatic rings. The van der Waals surface area contributed by atoms with E-state index in [9.17, 15) is 9.59 Å². The number of fused-ring (bicyclic) bond motifs is 2. The summed E-state index contributed by atoms with van der Waals surface area (Å²) >= 11 is 1.60. The second-order valence-electron chi connectivity index (χ2n) is 5.92. The van der Waals surface area contributed by atoms with Gasteiger partial charge in [-0.1, -0.05) is 0 Å². The molecule has 0 radical (unpaired) electrons. The Morgan fingerprint density at radius 1 is 1.35 bits per heavy atom. The van der Waals surface area contributed by atoms with Crippen LogP contribution < -0.4 is 10.6 Å². The Morgan fingerprint density at radius 3 is 2.55 bits per heavy atom. The van der Waals surface area contributed by atoms with Gasteiger partial charge < -0.3 is 15.7 Å². The van der Waals surface area contributed by atoms with E-state index in [2.05, 4.69) is 10.6 Å². The van der Waals surface area contributed by atoms with E-state index in [-0.39, 0.29) is 5.91 Å². The third-order valence-electron chi connectivity index (χ3n) is 4.29. The summed E-state index contributed by atoms with van der Waals surface area (Å²) in [5.74, 6) is 0.112. The lowest BCUT2D eigenvalue weighted by molar-refractivity contribution is -0.142. The molecule has 3 N–H and O–H groups in total. The Labute approximate surface area is 124 Å². The summed E-state index contributed by atoms with van der Waals surface area (Å²) in [5.41, 5.74) is 0. The Hall–Kier alpha value is -0.750. The third-order valence-corrected chi connectivity index (χ3v) is 4.93. The van der Waals surface area contributed by atoms with Crippen molar-refractivity contribution in [3.63, 3.8) is 0 Å². The number of carbonyl (C=O) groups is 2. The summed E-state index contributed by atoms with van der Waals surface area (Å²) in [6, 6.07) is 0.394. The number of nitrogens with one attached hydrogen (secondary N) is 2. The van der Waals surface area contributed by atoms with Crippen LogP contribution in [-0.4, -0.2) is 47.1 Å². The van der Waals surface area contributed by atoms with Crippen LogP contribution in [0.5, 0.6) is 0 Å².